The third-order valence-corrected chi connectivity index (χ3v) is 8.68. The quantitative estimate of drug-likeness (QED) is 0.285. The lowest BCUT2D eigenvalue weighted by molar-refractivity contribution is -0.186. The Morgan fingerprint density at radius 2 is 1.88 bits per heavy atom. The summed E-state index contributed by atoms with van der Waals surface area (Å²) in [6, 6.07) is 0. The molecule has 34 heavy (non-hydrogen) atoms. The van der Waals surface area contributed by atoms with Crippen LogP contribution in [-0.2, 0) is 28.6 Å². The SMILES string of the molecule is CC(=O)O[C@@]12C[C@@H](C)[C@@]3(O)[C@@H](C=C(OCOCCC(=O)O)C[C@]4(O)C(=O)C(C)=C[C@@H]34)[C@@H]1C2(C)C. The average Bonchev–Trinajstić information content (AvgIpc) is 3.11. The Bertz CT molecular complexity index is 981. The molecule has 0 aromatic rings. The number of carboxylic acids is 1. The van der Waals surface area contributed by atoms with Gasteiger partial charge in [0.15, 0.2) is 12.6 Å². The molecule has 9 heteroatoms. The van der Waals surface area contributed by atoms with E-state index < -0.39 is 57.7 Å². The fourth-order valence-electron chi connectivity index (χ4n) is 7.05. The first-order chi connectivity index (χ1) is 15.7. The number of esters is 1. The van der Waals surface area contributed by atoms with E-state index in [9.17, 15) is 24.6 Å². The Morgan fingerprint density at radius 1 is 1.21 bits per heavy atom. The third-order valence-electron chi connectivity index (χ3n) is 8.68. The van der Waals surface area contributed by atoms with E-state index in [1.54, 1.807) is 19.1 Å². The van der Waals surface area contributed by atoms with Gasteiger partial charge in [-0.05, 0) is 30.9 Å². The molecule has 9 nitrogen and oxygen atoms in total. The first-order valence-electron chi connectivity index (χ1n) is 11.7. The lowest BCUT2D eigenvalue weighted by atomic mass is 9.60. The molecule has 0 spiro atoms. The predicted octanol–water partition coefficient (Wildman–Crippen LogP) is 1.96. The number of rotatable bonds is 7. The summed E-state index contributed by atoms with van der Waals surface area (Å²) in [6.45, 7) is 8.56. The van der Waals surface area contributed by atoms with Gasteiger partial charge in [0, 0.05) is 36.5 Å². The van der Waals surface area contributed by atoms with Gasteiger partial charge >= 0.3 is 11.9 Å². The summed E-state index contributed by atoms with van der Waals surface area (Å²) < 4.78 is 16.9. The smallest absolute Gasteiger partial charge is 0.305 e. The number of ketones is 1. The van der Waals surface area contributed by atoms with Gasteiger partial charge in [-0.25, -0.2) is 0 Å². The Labute approximate surface area is 198 Å². The number of aliphatic hydroxyl groups is 2. The molecule has 3 N–H and O–H groups in total. The molecule has 0 saturated heterocycles. The van der Waals surface area contributed by atoms with Crippen molar-refractivity contribution >= 4 is 17.7 Å². The van der Waals surface area contributed by atoms with Crippen molar-refractivity contribution in [3.05, 3.63) is 23.5 Å². The molecule has 2 fully saturated rings. The molecule has 0 amide bonds. The number of fused-ring (bicyclic) bond motifs is 5. The second kappa shape index (κ2) is 7.90. The third kappa shape index (κ3) is 3.35. The molecule has 4 aliphatic rings. The number of carbonyl (C=O) groups excluding carboxylic acids is 2. The number of hydrogen-bond donors (Lipinski definition) is 3. The summed E-state index contributed by atoms with van der Waals surface area (Å²) in [7, 11) is 0. The van der Waals surface area contributed by atoms with Crippen LogP contribution >= 0.6 is 0 Å². The Kier molecular flexibility index (Phi) is 5.78. The van der Waals surface area contributed by atoms with Crippen LogP contribution < -0.4 is 0 Å². The molecule has 0 heterocycles. The van der Waals surface area contributed by atoms with Gasteiger partial charge in [-0.1, -0.05) is 26.8 Å². The number of carbonyl (C=O) groups is 3. The molecular weight excluding hydrogens is 444 g/mol. The number of Topliss-reactive ketones (excluding diaryl/α,β-unsaturated/α-hetero) is 1. The average molecular weight is 479 g/mol. The fraction of sp³-hybridized carbons (Fsp3) is 0.720. The van der Waals surface area contributed by atoms with E-state index in [0.29, 0.717) is 12.0 Å². The maximum atomic E-state index is 13.1. The summed E-state index contributed by atoms with van der Waals surface area (Å²) in [5.74, 6) is -3.62. The first kappa shape index (κ1) is 24.9. The van der Waals surface area contributed by atoms with Crippen LogP contribution in [0.4, 0.5) is 0 Å². The second-order valence-corrected chi connectivity index (χ2v) is 10.9. The van der Waals surface area contributed by atoms with E-state index in [-0.39, 0.29) is 37.9 Å². The van der Waals surface area contributed by atoms with Gasteiger partial charge in [0.1, 0.15) is 11.2 Å². The van der Waals surface area contributed by atoms with Crippen LogP contribution in [0.25, 0.3) is 0 Å². The maximum absolute atomic E-state index is 13.1. The summed E-state index contributed by atoms with van der Waals surface area (Å²) >= 11 is 0. The van der Waals surface area contributed by atoms with Gasteiger partial charge in [0.25, 0.3) is 0 Å². The molecule has 0 radical (unpaired) electrons. The van der Waals surface area contributed by atoms with Crippen molar-refractivity contribution in [2.75, 3.05) is 13.4 Å². The molecule has 7 atom stereocenters. The first-order valence-corrected chi connectivity index (χ1v) is 11.7. The largest absolute Gasteiger partial charge is 0.481 e. The molecule has 4 aliphatic carbocycles. The molecule has 188 valence electrons. The van der Waals surface area contributed by atoms with E-state index in [1.165, 1.54) is 6.92 Å². The van der Waals surface area contributed by atoms with E-state index in [2.05, 4.69) is 0 Å². The zero-order valence-electron chi connectivity index (χ0n) is 20.3. The van der Waals surface area contributed by atoms with Crippen molar-refractivity contribution in [1.82, 2.24) is 0 Å². The fourth-order valence-corrected chi connectivity index (χ4v) is 7.05. The van der Waals surface area contributed by atoms with Gasteiger partial charge in [-0.15, -0.1) is 0 Å². The van der Waals surface area contributed by atoms with Crippen LogP contribution in [0.2, 0.25) is 0 Å². The van der Waals surface area contributed by atoms with Crippen molar-refractivity contribution < 1.29 is 43.9 Å². The van der Waals surface area contributed by atoms with E-state index in [0.717, 1.165) is 0 Å². The number of carboxylic acid groups (broad SMARTS) is 1. The highest BCUT2D eigenvalue weighted by atomic mass is 16.7. The highest BCUT2D eigenvalue weighted by molar-refractivity contribution is 6.04. The molecule has 4 rings (SSSR count). The zero-order chi connectivity index (χ0) is 25.3. The van der Waals surface area contributed by atoms with Crippen LogP contribution in [0.1, 0.15) is 53.9 Å². The predicted molar refractivity (Wildman–Crippen MR) is 118 cm³/mol. The topological polar surface area (TPSA) is 140 Å². The summed E-state index contributed by atoms with van der Waals surface area (Å²) in [4.78, 5) is 35.8. The van der Waals surface area contributed by atoms with Gasteiger partial charge in [0.2, 0.25) is 0 Å². The van der Waals surface area contributed by atoms with Gasteiger partial charge in [-0.3, -0.25) is 14.4 Å². The lowest BCUT2D eigenvalue weighted by Gasteiger charge is -2.50. The lowest BCUT2D eigenvalue weighted by Crippen LogP contribution is -2.61. The van der Waals surface area contributed by atoms with Crippen molar-refractivity contribution in [3.8, 4) is 0 Å². The second-order valence-electron chi connectivity index (χ2n) is 10.9. The highest BCUT2D eigenvalue weighted by Crippen LogP contribution is 2.76. The molecule has 2 saturated carbocycles. The van der Waals surface area contributed by atoms with Crippen LogP contribution in [0.15, 0.2) is 23.5 Å². The monoisotopic (exact) mass is 478 g/mol. The summed E-state index contributed by atoms with van der Waals surface area (Å²) in [5, 5.41) is 32.7. The number of aliphatic carboxylic acids is 1. The minimum absolute atomic E-state index is 0.0509. The number of hydrogen-bond acceptors (Lipinski definition) is 8. The molecule has 0 aliphatic heterocycles. The van der Waals surface area contributed by atoms with E-state index in [4.69, 9.17) is 19.3 Å². The molecular formula is C25H34O9. The van der Waals surface area contributed by atoms with Crippen LogP contribution in [-0.4, -0.2) is 63.2 Å². The molecule has 0 aromatic heterocycles. The normalized spacial score (nSPS) is 41.8. The van der Waals surface area contributed by atoms with E-state index in [1.807, 2.05) is 20.8 Å². The minimum Gasteiger partial charge on any atom is -0.481 e. The van der Waals surface area contributed by atoms with Crippen molar-refractivity contribution in [3.63, 3.8) is 0 Å². The number of ether oxygens (including phenoxy) is 3. The summed E-state index contributed by atoms with van der Waals surface area (Å²) in [5.41, 5.74) is -4.17. The van der Waals surface area contributed by atoms with E-state index >= 15 is 0 Å². The standard InChI is InChI=1S/C25H34O9/c1-13-8-18-23(30,21(13)29)11-16(33-12-32-7-6-19(27)28)9-17-20-22(4,5)24(20,34-15(3)26)10-14(2)25(17,18)31/h8-9,14,17-18,20,30-31H,6-7,10-12H2,1-5H3,(H,27,28)/t14-,17+,18-,20-,23-,24+,25-/m1/s1. The Balaban J connectivity index is 1.73. The van der Waals surface area contributed by atoms with Gasteiger partial charge in [-0.2, -0.15) is 0 Å². The van der Waals surface area contributed by atoms with Crippen LogP contribution in [0, 0.1) is 29.1 Å². The van der Waals surface area contributed by atoms with Crippen molar-refractivity contribution in [1.29, 1.82) is 0 Å². The minimum atomic E-state index is -1.88. The molecule has 0 bridgehead atoms. The Morgan fingerprint density at radius 3 is 2.50 bits per heavy atom. The van der Waals surface area contributed by atoms with Gasteiger partial charge in [0.05, 0.1) is 24.4 Å². The zero-order valence-corrected chi connectivity index (χ0v) is 20.3. The highest BCUT2D eigenvalue weighted by Gasteiger charge is 2.83. The van der Waals surface area contributed by atoms with Gasteiger partial charge < -0.3 is 29.5 Å². The molecule has 0 aromatic carbocycles. The van der Waals surface area contributed by atoms with Crippen molar-refractivity contribution in [2.45, 2.75) is 70.7 Å². The van der Waals surface area contributed by atoms with Crippen molar-refractivity contribution in [2.24, 2.45) is 29.1 Å². The molecule has 0 unspecified atom stereocenters. The summed E-state index contributed by atoms with van der Waals surface area (Å²) in [6.07, 6.45) is 3.50. The Hall–Kier alpha value is -2.23. The van der Waals surface area contributed by atoms with Crippen LogP contribution in [0.5, 0.6) is 0 Å². The maximum Gasteiger partial charge on any atom is 0.305 e. The van der Waals surface area contributed by atoms with Crippen LogP contribution in [0.3, 0.4) is 0 Å².